The molecule has 3 rings (SSSR count). The van der Waals surface area contributed by atoms with Gasteiger partial charge < -0.3 is 9.58 Å². The van der Waals surface area contributed by atoms with E-state index in [4.69, 9.17) is 11.3 Å². The van der Waals surface area contributed by atoms with E-state index >= 15 is 0 Å². The van der Waals surface area contributed by atoms with Gasteiger partial charge in [0.1, 0.15) is 0 Å². The smallest absolute Gasteiger partial charge is 0.391 e. The first kappa shape index (κ1) is 18.2. The molecule has 0 aliphatic carbocycles. The van der Waals surface area contributed by atoms with Gasteiger partial charge in [-0.1, -0.05) is 76.6 Å². The monoisotopic (exact) mass is 407 g/mol. The molecule has 0 aliphatic rings. The molecule has 0 spiro atoms. The topological polar surface area (TPSA) is 30.7 Å². The fourth-order valence-electron chi connectivity index (χ4n) is 3.15. The van der Waals surface area contributed by atoms with Gasteiger partial charge in [0.05, 0.1) is 12.5 Å². The van der Waals surface area contributed by atoms with Gasteiger partial charge in [-0.3, -0.25) is 0 Å². The molecule has 0 aromatic heterocycles. The summed E-state index contributed by atoms with van der Waals surface area (Å²) < 4.78 is 6.05. The normalized spacial score (nSPS) is 13.0. The molecule has 0 amide bonds. The van der Waals surface area contributed by atoms with Crippen molar-refractivity contribution in [1.82, 2.24) is 0 Å². The van der Waals surface area contributed by atoms with Gasteiger partial charge in [0, 0.05) is 4.47 Å². The van der Waals surface area contributed by atoms with Crippen LogP contribution in [0, 0.1) is 6.57 Å². The molecule has 3 aromatic rings. The number of hydrogen-bond acceptors (Lipinski definition) is 2. The van der Waals surface area contributed by atoms with Crippen LogP contribution < -0.4 is 0 Å². The minimum atomic E-state index is -0.935. The van der Waals surface area contributed by atoms with Crippen LogP contribution >= 0.6 is 15.9 Å². The lowest BCUT2D eigenvalue weighted by atomic mass is 9.84. The number of benzene rings is 3. The predicted molar refractivity (Wildman–Crippen MR) is 107 cm³/mol. The van der Waals surface area contributed by atoms with Crippen molar-refractivity contribution in [3.63, 3.8) is 0 Å². The minimum absolute atomic E-state index is 0.255. The lowest BCUT2D eigenvalue weighted by Gasteiger charge is -2.20. The number of halogens is 1. The van der Waals surface area contributed by atoms with E-state index in [1.165, 1.54) is 0 Å². The van der Waals surface area contributed by atoms with Crippen LogP contribution in [0.2, 0.25) is 0 Å². The molecule has 0 heterocycles. The average Bonchev–Trinajstić information content (AvgIpc) is 2.66. The van der Waals surface area contributed by atoms with E-state index in [0.29, 0.717) is 0 Å². The van der Waals surface area contributed by atoms with Crippen molar-refractivity contribution in [2.24, 2.45) is 0 Å². The van der Waals surface area contributed by atoms with Crippen LogP contribution in [-0.2, 0) is 9.53 Å². The van der Waals surface area contributed by atoms with Crippen molar-refractivity contribution in [1.29, 1.82) is 0 Å². The fourth-order valence-corrected chi connectivity index (χ4v) is 3.68. The van der Waals surface area contributed by atoms with Gasteiger partial charge in [-0.15, -0.1) is 0 Å². The number of ether oxygens (including phenoxy) is 1. The second kappa shape index (κ2) is 8.16. The summed E-state index contributed by atoms with van der Waals surface area (Å²) >= 11 is 3.57. The maximum absolute atomic E-state index is 12.5. The Morgan fingerprint density at radius 1 is 1.08 bits per heavy atom. The van der Waals surface area contributed by atoms with E-state index in [9.17, 15) is 4.79 Å². The van der Waals surface area contributed by atoms with Gasteiger partial charge in [-0.2, -0.15) is 0 Å². The molecule has 0 saturated heterocycles. The molecule has 0 radical (unpaired) electrons. The summed E-state index contributed by atoms with van der Waals surface area (Å²) in [7, 11) is 0. The van der Waals surface area contributed by atoms with E-state index in [1.807, 2.05) is 60.7 Å². The van der Waals surface area contributed by atoms with Crippen molar-refractivity contribution < 1.29 is 9.53 Å². The maximum Gasteiger partial charge on any atom is 0.391 e. The first-order valence-electron chi connectivity index (χ1n) is 8.42. The molecule has 4 heteroatoms. The number of hydrogen-bond donors (Lipinski definition) is 0. The Balaban J connectivity index is 2.17. The van der Waals surface area contributed by atoms with Crippen LogP contribution in [0.15, 0.2) is 71.2 Å². The number of rotatable bonds is 5. The molecule has 3 nitrogen and oxygen atoms in total. The molecule has 0 fully saturated rings. The Morgan fingerprint density at radius 2 is 1.77 bits per heavy atom. The molecule has 0 N–H and O–H groups in total. The number of carbonyl (C=O) groups is 1. The summed E-state index contributed by atoms with van der Waals surface area (Å²) in [5, 5.41) is 2.20. The van der Waals surface area contributed by atoms with Gasteiger partial charge in [0.2, 0.25) is 0 Å². The van der Waals surface area contributed by atoms with Gasteiger partial charge in [0.15, 0.2) is 0 Å². The highest BCUT2D eigenvalue weighted by molar-refractivity contribution is 9.10. The van der Waals surface area contributed by atoms with Crippen molar-refractivity contribution in [2.45, 2.75) is 18.9 Å². The predicted octanol–water partition coefficient (Wildman–Crippen LogP) is 5.59. The Bertz CT molecular complexity index is 977. The highest BCUT2D eigenvalue weighted by Crippen LogP contribution is 2.36. The Kier molecular flexibility index (Phi) is 5.70. The molecule has 3 aromatic carbocycles. The summed E-state index contributed by atoms with van der Waals surface area (Å²) in [5.74, 6) is -0.900. The second-order valence-electron chi connectivity index (χ2n) is 5.93. The van der Waals surface area contributed by atoms with Gasteiger partial charge >= 0.3 is 12.0 Å². The molecule has 2 unspecified atom stereocenters. The van der Waals surface area contributed by atoms with Crippen LogP contribution in [0.5, 0.6) is 0 Å². The zero-order valence-electron chi connectivity index (χ0n) is 14.4. The van der Waals surface area contributed by atoms with Crippen LogP contribution in [0.25, 0.3) is 15.6 Å². The second-order valence-corrected chi connectivity index (χ2v) is 6.79. The summed E-state index contributed by atoms with van der Waals surface area (Å²) in [6.45, 7) is 9.65. The molecule has 2 atom stereocenters. The molecule has 0 saturated carbocycles. The number of nitrogens with zero attached hydrogens (tertiary/aromatic N) is 1. The lowest BCUT2D eigenvalue weighted by molar-refractivity contribution is -0.143. The minimum Gasteiger partial charge on any atom is -0.460 e. The van der Waals surface area contributed by atoms with Gasteiger partial charge in [-0.25, -0.2) is 11.4 Å². The summed E-state index contributed by atoms with van der Waals surface area (Å²) in [4.78, 5) is 16.1. The van der Waals surface area contributed by atoms with E-state index in [-0.39, 0.29) is 6.61 Å². The fraction of sp³-hybridized carbons (Fsp3) is 0.182. The van der Waals surface area contributed by atoms with Crippen LogP contribution in [0.3, 0.4) is 0 Å². The first-order valence-corrected chi connectivity index (χ1v) is 9.21. The zero-order valence-corrected chi connectivity index (χ0v) is 15.9. The van der Waals surface area contributed by atoms with Crippen LogP contribution in [-0.4, -0.2) is 18.6 Å². The number of esters is 1. The Hall–Kier alpha value is -2.64. The number of carbonyl (C=O) groups excluding carboxylic acids is 1. The van der Waals surface area contributed by atoms with Crippen LogP contribution in [0.4, 0.5) is 0 Å². The van der Waals surface area contributed by atoms with Gasteiger partial charge in [-0.05, 0) is 34.9 Å². The largest absolute Gasteiger partial charge is 0.460 e. The Labute approximate surface area is 161 Å². The standard InChI is InChI=1S/C22H18BrNO2/c1-3-26-22(25)21(24-2)20(18-10-6-7-11-19(18)23)17-13-12-15-8-4-5-9-16(15)14-17/h4-14,20-21H,3H2,1H3. The summed E-state index contributed by atoms with van der Waals surface area (Å²) in [6.07, 6.45) is 0. The third kappa shape index (κ3) is 3.63. The highest BCUT2D eigenvalue weighted by Gasteiger charge is 2.38. The van der Waals surface area contributed by atoms with Crippen molar-refractivity contribution in [3.05, 3.63) is 93.7 Å². The van der Waals surface area contributed by atoms with E-state index in [1.54, 1.807) is 6.92 Å². The molecule has 26 heavy (non-hydrogen) atoms. The highest BCUT2D eigenvalue weighted by atomic mass is 79.9. The van der Waals surface area contributed by atoms with Gasteiger partial charge in [0.25, 0.3) is 0 Å². The van der Waals surface area contributed by atoms with E-state index in [0.717, 1.165) is 26.4 Å². The SMILES string of the molecule is [C-]#[N+]C(C(=O)OCC)C(c1ccc2ccccc2c1)c1ccccc1Br. The molecule has 0 bridgehead atoms. The molecule has 0 aliphatic heterocycles. The third-order valence-corrected chi connectivity index (χ3v) is 5.08. The lowest BCUT2D eigenvalue weighted by Crippen LogP contribution is -2.28. The average molecular weight is 408 g/mol. The van der Waals surface area contributed by atoms with Crippen LogP contribution in [0.1, 0.15) is 24.0 Å². The van der Waals surface area contributed by atoms with E-state index < -0.39 is 17.9 Å². The quantitative estimate of drug-likeness (QED) is 0.407. The van der Waals surface area contributed by atoms with Crippen molar-refractivity contribution in [3.8, 4) is 0 Å². The van der Waals surface area contributed by atoms with Crippen molar-refractivity contribution in [2.75, 3.05) is 6.61 Å². The summed E-state index contributed by atoms with van der Waals surface area (Å²) in [6, 6.07) is 20.9. The number of fused-ring (bicyclic) bond motifs is 1. The maximum atomic E-state index is 12.5. The van der Waals surface area contributed by atoms with Crippen molar-refractivity contribution >= 4 is 32.7 Å². The Morgan fingerprint density at radius 3 is 2.46 bits per heavy atom. The molecule has 130 valence electrons. The van der Waals surface area contributed by atoms with E-state index in [2.05, 4.69) is 26.8 Å². The first-order chi connectivity index (χ1) is 12.7. The molecular formula is C22H18BrNO2. The third-order valence-electron chi connectivity index (χ3n) is 4.36. The molecular weight excluding hydrogens is 390 g/mol. The zero-order chi connectivity index (χ0) is 18.5. The summed E-state index contributed by atoms with van der Waals surface area (Å²) in [5.41, 5.74) is 1.82.